The first-order valence-corrected chi connectivity index (χ1v) is 9.98. The fourth-order valence-electron chi connectivity index (χ4n) is 3.48. The molecule has 0 aliphatic heterocycles. The summed E-state index contributed by atoms with van der Waals surface area (Å²) in [5, 5.41) is 26.8. The fourth-order valence-corrected chi connectivity index (χ4v) is 3.48. The number of nitrogens with one attached hydrogen (secondary N) is 1. The number of benzene rings is 1. The number of aromatic nitrogens is 1. The van der Waals surface area contributed by atoms with Crippen LogP contribution >= 0.6 is 0 Å². The largest absolute Gasteiger partial charge is 1.00 e. The number of carbonyl (C=O) groups excluding carboxylic acids is 2. The second-order valence-electron chi connectivity index (χ2n) is 7.12. The van der Waals surface area contributed by atoms with E-state index in [1.807, 2.05) is 6.92 Å². The molecule has 0 saturated heterocycles. The van der Waals surface area contributed by atoms with Gasteiger partial charge in [0, 0.05) is 29.2 Å². The van der Waals surface area contributed by atoms with Crippen LogP contribution in [0.3, 0.4) is 0 Å². The number of carboxylic acids is 2. The number of hydrogen-bond acceptors (Lipinski definition) is 8. The van der Waals surface area contributed by atoms with E-state index in [2.05, 4.69) is 17.2 Å². The van der Waals surface area contributed by atoms with Crippen molar-refractivity contribution < 1.29 is 83.3 Å². The predicted molar refractivity (Wildman–Crippen MR) is 108 cm³/mol. The Bertz CT molecular complexity index is 1190. The van der Waals surface area contributed by atoms with Crippen molar-refractivity contribution in [2.24, 2.45) is 0 Å². The molecule has 1 N–H and O–H groups in total. The smallest absolute Gasteiger partial charge is 0.543 e. The number of unbranched alkanes of at least 4 members (excludes halogenated alkanes) is 2. The summed E-state index contributed by atoms with van der Waals surface area (Å²) in [5.41, 5.74) is 0.646. The average molecular weight is 456 g/mol. The quantitative estimate of drug-likeness (QED) is 0.194. The van der Waals surface area contributed by atoms with Crippen molar-refractivity contribution in [2.45, 2.75) is 46.0 Å². The topological polar surface area (TPSA) is 135 Å². The first-order valence-electron chi connectivity index (χ1n) is 9.98. The summed E-state index contributed by atoms with van der Waals surface area (Å²) in [7, 11) is 0. The molecule has 0 aliphatic rings. The molecule has 0 unspecified atom stereocenters. The van der Waals surface area contributed by atoms with Gasteiger partial charge in [0.05, 0.1) is 22.6 Å². The molecule has 158 valence electrons. The van der Waals surface area contributed by atoms with Crippen molar-refractivity contribution in [1.82, 2.24) is 4.98 Å². The van der Waals surface area contributed by atoms with Gasteiger partial charge in [0.2, 0.25) is 0 Å². The Kier molecular flexibility index (Phi) is 11.4. The zero-order valence-electron chi connectivity index (χ0n) is 18.9. The Morgan fingerprint density at radius 2 is 1.72 bits per heavy atom. The maximum Gasteiger partial charge on any atom is 1.00 e. The molecule has 2 aromatic heterocycles. The van der Waals surface area contributed by atoms with Crippen molar-refractivity contribution in [2.75, 3.05) is 11.9 Å². The van der Waals surface area contributed by atoms with Crippen LogP contribution in [0.25, 0.3) is 21.9 Å². The van der Waals surface area contributed by atoms with Gasteiger partial charge in [-0.05, 0) is 25.0 Å². The molecule has 3 rings (SSSR count). The summed E-state index contributed by atoms with van der Waals surface area (Å²) < 4.78 is 5.46. The molecule has 32 heavy (non-hydrogen) atoms. The van der Waals surface area contributed by atoms with Crippen LogP contribution in [0.4, 0.5) is 5.69 Å². The number of rotatable bonds is 9. The Morgan fingerprint density at radius 1 is 1.00 bits per heavy atom. The second kappa shape index (κ2) is 12.7. The van der Waals surface area contributed by atoms with Crippen LogP contribution in [0.1, 0.15) is 66.1 Å². The van der Waals surface area contributed by atoms with Gasteiger partial charge < -0.3 is 29.5 Å². The summed E-state index contributed by atoms with van der Waals surface area (Å²) >= 11 is 0. The van der Waals surface area contributed by atoms with E-state index in [0.29, 0.717) is 41.5 Å². The summed E-state index contributed by atoms with van der Waals surface area (Å²) in [5.74, 6) is -3.62. The molecule has 0 aliphatic carbocycles. The van der Waals surface area contributed by atoms with Gasteiger partial charge in [-0.15, -0.1) is 0 Å². The van der Waals surface area contributed by atoms with E-state index in [4.69, 9.17) is 4.42 Å². The van der Waals surface area contributed by atoms with E-state index in [-0.39, 0.29) is 75.8 Å². The second-order valence-corrected chi connectivity index (χ2v) is 7.12. The number of aromatic carboxylic acids is 2. The van der Waals surface area contributed by atoms with Crippen LogP contribution in [0.15, 0.2) is 27.4 Å². The number of carbonyl (C=O) groups is 2. The van der Waals surface area contributed by atoms with Crippen LogP contribution < -0.4 is 80.1 Å². The predicted octanol–water partition coefficient (Wildman–Crippen LogP) is -4.37. The average Bonchev–Trinajstić information content (AvgIpc) is 2.71. The SMILES string of the molecule is CCCCCNc1cc(C(=O)[O-])nc2c(CCC)c3oc(C(=O)[O-])cc(=O)c3cc12.[Na+].[Na+]. The van der Waals surface area contributed by atoms with Crippen LogP contribution in [0.5, 0.6) is 0 Å². The van der Waals surface area contributed by atoms with E-state index in [9.17, 15) is 24.6 Å². The number of aryl methyl sites for hydroxylation is 1. The minimum atomic E-state index is -1.61. The number of hydrogen-bond donors (Lipinski definition) is 1. The standard InChI is InChI=1S/C22H24N2O6.2Na/c1-3-5-6-8-23-15-10-16(21(26)27)24-19-12(7-4-2)20-14(9-13(15)19)17(25)11-18(30-20)22(28)29;;/h9-11H,3-8H2,1-2H3,(H,23,24)(H,26,27)(H,28,29);;/q;2*+1/p-2. The van der Waals surface area contributed by atoms with Gasteiger partial charge in [-0.3, -0.25) is 4.79 Å². The fraction of sp³-hybridized carbons (Fsp3) is 0.364. The summed E-state index contributed by atoms with van der Waals surface area (Å²) in [6, 6.07) is 3.84. The number of carboxylic acid groups (broad SMARTS) is 2. The van der Waals surface area contributed by atoms with E-state index in [1.54, 1.807) is 6.07 Å². The number of fused-ring (bicyclic) bond motifs is 2. The third-order valence-corrected chi connectivity index (χ3v) is 4.90. The molecule has 0 saturated carbocycles. The molecule has 0 amide bonds. The molecule has 0 spiro atoms. The first kappa shape index (κ1) is 28.6. The third kappa shape index (κ3) is 6.12. The summed E-state index contributed by atoms with van der Waals surface area (Å²) in [6.45, 7) is 4.61. The van der Waals surface area contributed by atoms with E-state index >= 15 is 0 Å². The van der Waals surface area contributed by atoms with Crippen molar-refractivity contribution >= 4 is 39.5 Å². The van der Waals surface area contributed by atoms with E-state index in [0.717, 1.165) is 25.3 Å². The molecular formula is C22H22N2Na2O6. The van der Waals surface area contributed by atoms with Gasteiger partial charge in [-0.25, -0.2) is 4.98 Å². The van der Waals surface area contributed by atoms with Crippen LogP contribution in [-0.2, 0) is 6.42 Å². The number of pyridine rings is 1. The Labute approximate surface area is 229 Å². The van der Waals surface area contributed by atoms with Gasteiger partial charge >= 0.3 is 59.1 Å². The molecule has 3 aromatic rings. The Balaban J connectivity index is 0.00000256. The van der Waals surface area contributed by atoms with Crippen LogP contribution in [0.2, 0.25) is 0 Å². The van der Waals surface area contributed by atoms with Gasteiger partial charge in [0.25, 0.3) is 0 Å². The molecule has 0 bridgehead atoms. The molecule has 8 nitrogen and oxygen atoms in total. The van der Waals surface area contributed by atoms with Crippen molar-refractivity contribution in [1.29, 1.82) is 0 Å². The first-order chi connectivity index (χ1) is 14.4. The minimum Gasteiger partial charge on any atom is -0.543 e. The zero-order chi connectivity index (χ0) is 21.8. The summed E-state index contributed by atoms with van der Waals surface area (Å²) in [6.07, 6.45) is 4.00. The normalized spacial score (nSPS) is 10.4. The molecular weight excluding hydrogens is 434 g/mol. The van der Waals surface area contributed by atoms with E-state index < -0.39 is 23.1 Å². The Hall–Kier alpha value is -1.42. The van der Waals surface area contributed by atoms with Crippen LogP contribution in [0, 0.1) is 0 Å². The maximum absolute atomic E-state index is 12.6. The molecule has 2 heterocycles. The van der Waals surface area contributed by atoms with Gasteiger partial charge in [-0.1, -0.05) is 33.1 Å². The summed E-state index contributed by atoms with van der Waals surface area (Å²) in [4.78, 5) is 39.6. The van der Waals surface area contributed by atoms with E-state index in [1.165, 1.54) is 6.07 Å². The van der Waals surface area contributed by atoms with Crippen LogP contribution in [-0.4, -0.2) is 23.5 Å². The molecule has 0 atom stereocenters. The van der Waals surface area contributed by atoms with Crippen molar-refractivity contribution in [3.05, 3.63) is 45.4 Å². The number of anilines is 1. The van der Waals surface area contributed by atoms with Gasteiger partial charge in [0.15, 0.2) is 11.2 Å². The molecule has 1 aromatic carbocycles. The van der Waals surface area contributed by atoms with Gasteiger partial charge in [-0.2, -0.15) is 0 Å². The molecule has 10 heteroatoms. The van der Waals surface area contributed by atoms with Gasteiger partial charge in [0.1, 0.15) is 11.6 Å². The zero-order valence-corrected chi connectivity index (χ0v) is 22.9. The monoisotopic (exact) mass is 456 g/mol. The Morgan fingerprint density at radius 3 is 2.31 bits per heavy atom. The molecule has 0 radical (unpaired) electrons. The maximum atomic E-state index is 12.6. The number of nitrogens with zero attached hydrogens (tertiary/aromatic N) is 1. The van der Waals surface area contributed by atoms with Crippen molar-refractivity contribution in [3.8, 4) is 0 Å². The van der Waals surface area contributed by atoms with Crippen molar-refractivity contribution in [3.63, 3.8) is 0 Å². The third-order valence-electron chi connectivity index (χ3n) is 4.90. The molecule has 0 fully saturated rings. The minimum absolute atomic E-state index is 0.